The van der Waals surface area contributed by atoms with Crippen LogP contribution in [0, 0.1) is 0 Å². The molecular weight excluding hydrogens is 194 g/mol. The Morgan fingerprint density at radius 2 is 2.00 bits per heavy atom. The van der Waals surface area contributed by atoms with Gasteiger partial charge in [-0.15, -0.1) is 0 Å². The number of nitrogens with one attached hydrogen (secondary N) is 1. The first kappa shape index (κ1) is 8.23. The van der Waals surface area contributed by atoms with Gasteiger partial charge in [-0.1, -0.05) is 12.1 Å². The third-order valence-corrected chi connectivity index (χ3v) is 2.50. The molecule has 1 aliphatic rings. The molecule has 0 aliphatic carbocycles. The molecule has 1 aliphatic heterocycles. The molecule has 0 fully saturated rings. The van der Waals surface area contributed by atoms with Crippen molar-refractivity contribution < 1.29 is 9.53 Å². The second-order valence-corrected chi connectivity index (χ2v) is 3.42. The molecule has 1 aromatic carbocycles. The Hall–Kier alpha value is -2.10. The van der Waals surface area contributed by atoms with Gasteiger partial charge in [-0.25, -0.2) is 0 Å². The van der Waals surface area contributed by atoms with Crippen LogP contribution in [0.4, 0.5) is 0 Å². The predicted octanol–water partition coefficient (Wildman–Crippen LogP) is 1.10. The molecule has 0 amide bonds. The minimum atomic E-state index is -0.253. The number of Topliss-reactive ketones (excluding diaryl/α,β-unsaturated/α-hetero) is 1. The molecule has 2 aromatic rings. The molecule has 0 saturated carbocycles. The van der Waals surface area contributed by atoms with Crippen molar-refractivity contribution in [3.8, 4) is 5.88 Å². The number of rotatable bonds is 0. The fourth-order valence-corrected chi connectivity index (χ4v) is 1.78. The maximum absolute atomic E-state index is 11.9. The first-order chi connectivity index (χ1) is 7.27. The molecule has 74 valence electrons. The molecule has 4 nitrogen and oxygen atoms in total. The minimum absolute atomic E-state index is 0.0443. The largest absolute Gasteiger partial charge is 0.470 e. The van der Waals surface area contributed by atoms with Crippen LogP contribution in [0.25, 0.3) is 10.9 Å². The lowest BCUT2D eigenvalue weighted by atomic mass is 10.1. The number of aromatic nitrogens is 1. The van der Waals surface area contributed by atoms with Crippen LogP contribution in [0.15, 0.2) is 29.1 Å². The molecule has 0 saturated heterocycles. The van der Waals surface area contributed by atoms with Crippen LogP contribution < -0.4 is 10.2 Å². The molecule has 0 spiro atoms. The van der Waals surface area contributed by atoms with Crippen molar-refractivity contribution >= 4 is 16.7 Å². The molecule has 1 aromatic heterocycles. The van der Waals surface area contributed by atoms with Gasteiger partial charge in [0.1, 0.15) is 5.56 Å². The van der Waals surface area contributed by atoms with E-state index in [0.29, 0.717) is 16.8 Å². The lowest BCUT2D eigenvalue weighted by Gasteiger charge is -2.00. The van der Waals surface area contributed by atoms with Gasteiger partial charge < -0.3 is 9.72 Å². The summed E-state index contributed by atoms with van der Waals surface area (Å²) in [5.74, 6) is 0.0423. The fourth-order valence-electron chi connectivity index (χ4n) is 1.78. The molecule has 0 bridgehead atoms. The number of pyridine rings is 1. The number of carbonyl (C=O) groups excluding carboxylic acids is 1. The standard InChI is InChI=1S/C11H7NO3/c13-8-5-15-11-9(8)10(14)6-3-1-2-4-7(6)12-11/h1-4H,5H2,(H,12,14). The van der Waals surface area contributed by atoms with Gasteiger partial charge in [0.05, 0.1) is 5.52 Å². The second-order valence-electron chi connectivity index (χ2n) is 3.42. The molecule has 3 rings (SSSR count). The van der Waals surface area contributed by atoms with Gasteiger partial charge in [0.2, 0.25) is 17.1 Å². The number of aromatic amines is 1. The normalized spacial score (nSPS) is 14.0. The Morgan fingerprint density at radius 1 is 1.20 bits per heavy atom. The third-order valence-electron chi connectivity index (χ3n) is 2.50. The molecule has 15 heavy (non-hydrogen) atoms. The maximum atomic E-state index is 11.9. The maximum Gasteiger partial charge on any atom is 0.209 e. The molecule has 4 heteroatoms. The van der Waals surface area contributed by atoms with Crippen LogP contribution in [0.3, 0.4) is 0 Å². The lowest BCUT2D eigenvalue weighted by molar-refractivity contribution is 0.0959. The van der Waals surface area contributed by atoms with E-state index in [1.807, 2.05) is 6.07 Å². The van der Waals surface area contributed by atoms with Gasteiger partial charge in [-0.05, 0) is 12.1 Å². The zero-order chi connectivity index (χ0) is 10.4. The van der Waals surface area contributed by atoms with Crippen LogP contribution in [0.1, 0.15) is 10.4 Å². The van der Waals surface area contributed by atoms with Crippen molar-refractivity contribution in [3.63, 3.8) is 0 Å². The van der Waals surface area contributed by atoms with Crippen LogP contribution >= 0.6 is 0 Å². The van der Waals surface area contributed by atoms with E-state index < -0.39 is 0 Å². The Labute approximate surface area is 84.5 Å². The molecule has 0 atom stereocenters. The number of ether oxygens (including phenoxy) is 1. The van der Waals surface area contributed by atoms with Crippen molar-refractivity contribution in [1.29, 1.82) is 0 Å². The monoisotopic (exact) mass is 201 g/mol. The molecule has 1 N–H and O–H groups in total. The fraction of sp³-hybridized carbons (Fsp3) is 0.0909. The summed E-state index contributed by atoms with van der Waals surface area (Å²) in [6.45, 7) is -0.0443. The number of H-pyrrole nitrogens is 1. The van der Waals surface area contributed by atoms with Crippen LogP contribution in [-0.4, -0.2) is 17.4 Å². The zero-order valence-corrected chi connectivity index (χ0v) is 7.74. The SMILES string of the molecule is O=C1COc2[nH]c3ccccc3c(=O)c21. The lowest BCUT2D eigenvalue weighted by Crippen LogP contribution is -2.13. The van der Waals surface area contributed by atoms with Crippen molar-refractivity contribution in [1.82, 2.24) is 4.98 Å². The van der Waals surface area contributed by atoms with E-state index >= 15 is 0 Å². The number of fused-ring (bicyclic) bond motifs is 2. The van der Waals surface area contributed by atoms with E-state index in [1.165, 1.54) is 0 Å². The summed E-state index contributed by atoms with van der Waals surface area (Å²) in [5, 5.41) is 0.523. The first-order valence-corrected chi connectivity index (χ1v) is 4.58. The quantitative estimate of drug-likeness (QED) is 0.694. The summed E-state index contributed by atoms with van der Waals surface area (Å²) in [6.07, 6.45) is 0. The van der Waals surface area contributed by atoms with Crippen molar-refractivity contribution in [3.05, 3.63) is 40.1 Å². The number of hydrogen-bond acceptors (Lipinski definition) is 3. The summed E-state index contributed by atoms with van der Waals surface area (Å²) < 4.78 is 5.09. The third kappa shape index (κ3) is 1.01. The van der Waals surface area contributed by atoms with Gasteiger partial charge in [0.25, 0.3) is 0 Å². The Bertz CT molecular complexity index is 627. The Balaban J connectivity index is 2.52. The Kier molecular flexibility index (Phi) is 1.48. The van der Waals surface area contributed by atoms with E-state index in [1.54, 1.807) is 18.2 Å². The van der Waals surface area contributed by atoms with E-state index in [2.05, 4.69) is 4.98 Å². The van der Waals surface area contributed by atoms with Gasteiger partial charge in [-0.3, -0.25) is 9.59 Å². The second kappa shape index (κ2) is 2.70. The first-order valence-electron chi connectivity index (χ1n) is 4.58. The number of ketones is 1. The predicted molar refractivity (Wildman–Crippen MR) is 54.4 cm³/mol. The summed E-state index contributed by atoms with van der Waals surface area (Å²) in [4.78, 5) is 26.2. The number of benzene rings is 1. The molecule has 0 unspecified atom stereocenters. The highest BCUT2D eigenvalue weighted by Crippen LogP contribution is 2.22. The van der Waals surface area contributed by atoms with Gasteiger partial charge in [0, 0.05) is 5.39 Å². The summed E-state index contributed by atoms with van der Waals surface area (Å²) in [7, 11) is 0. The summed E-state index contributed by atoms with van der Waals surface area (Å²) in [6, 6.07) is 7.06. The highest BCUT2D eigenvalue weighted by molar-refractivity contribution is 6.04. The van der Waals surface area contributed by atoms with Gasteiger partial charge in [0.15, 0.2) is 6.61 Å². The van der Waals surface area contributed by atoms with E-state index in [0.717, 1.165) is 0 Å². The molecule has 2 heterocycles. The van der Waals surface area contributed by atoms with E-state index in [9.17, 15) is 9.59 Å². The van der Waals surface area contributed by atoms with Crippen LogP contribution in [0.5, 0.6) is 5.88 Å². The van der Waals surface area contributed by atoms with Gasteiger partial charge in [-0.2, -0.15) is 0 Å². The highest BCUT2D eigenvalue weighted by atomic mass is 16.5. The Morgan fingerprint density at radius 3 is 2.87 bits per heavy atom. The van der Waals surface area contributed by atoms with Crippen LogP contribution in [0.2, 0.25) is 0 Å². The smallest absolute Gasteiger partial charge is 0.209 e. The van der Waals surface area contributed by atoms with Crippen molar-refractivity contribution in [2.24, 2.45) is 0 Å². The highest BCUT2D eigenvalue weighted by Gasteiger charge is 2.26. The van der Waals surface area contributed by atoms with Gasteiger partial charge >= 0.3 is 0 Å². The number of hydrogen-bond donors (Lipinski definition) is 1. The average molecular weight is 201 g/mol. The minimum Gasteiger partial charge on any atom is -0.470 e. The van der Waals surface area contributed by atoms with Crippen molar-refractivity contribution in [2.45, 2.75) is 0 Å². The number of para-hydroxylation sites is 1. The van der Waals surface area contributed by atoms with Crippen molar-refractivity contribution in [2.75, 3.05) is 6.61 Å². The summed E-state index contributed by atoms with van der Waals surface area (Å²) >= 11 is 0. The molecular formula is C11H7NO3. The average Bonchev–Trinajstić information content (AvgIpc) is 2.61. The van der Waals surface area contributed by atoms with Crippen LogP contribution in [-0.2, 0) is 0 Å². The summed E-state index contributed by atoms with van der Waals surface area (Å²) in [5.41, 5.74) is 0.589. The number of carbonyl (C=O) groups is 1. The van der Waals surface area contributed by atoms with E-state index in [4.69, 9.17) is 4.74 Å². The topological polar surface area (TPSA) is 59.2 Å². The molecule has 0 radical (unpaired) electrons. The van der Waals surface area contributed by atoms with E-state index in [-0.39, 0.29) is 23.4 Å². The zero-order valence-electron chi connectivity index (χ0n) is 7.74.